The lowest BCUT2D eigenvalue weighted by Gasteiger charge is -2.16. The maximum absolute atomic E-state index is 11.4. The van der Waals surface area contributed by atoms with Gasteiger partial charge in [0.15, 0.2) is 0 Å². The highest BCUT2D eigenvalue weighted by Gasteiger charge is 2.11. The summed E-state index contributed by atoms with van der Waals surface area (Å²) in [5.74, 6) is 1.10. The molecule has 0 spiro atoms. The first-order valence-corrected chi connectivity index (χ1v) is 8.29. The van der Waals surface area contributed by atoms with Gasteiger partial charge in [-0.25, -0.2) is 0 Å². The molecule has 0 radical (unpaired) electrons. The number of ether oxygens (including phenoxy) is 1. The van der Waals surface area contributed by atoms with Crippen molar-refractivity contribution in [3.63, 3.8) is 0 Å². The summed E-state index contributed by atoms with van der Waals surface area (Å²) in [5.41, 5.74) is 1.24. The smallest absolute Gasteiger partial charge is 0.315 e. The molecule has 0 aliphatic carbocycles. The van der Waals surface area contributed by atoms with Gasteiger partial charge in [-0.2, -0.15) is 0 Å². The van der Waals surface area contributed by atoms with E-state index in [1.165, 1.54) is 16.3 Å². The Kier molecular flexibility index (Phi) is 6.08. The summed E-state index contributed by atoms with van der Waals surface area (Å²) in [4.78, 5) is 11.4. The number of nitrogens with one attached hydrogen (secondary N) is 1. The number of hydrogen-bond acceptors (Lipinski definition) is 4. The van der Waals surface area contributed by atoms with Crippen LogP contribution in [0.2, 0.25) is 0 Å². The summed E-state index contributed by atoms with van der Waals surface area (Å²) in [7, 11) is 1.95. The van der Waals surface area contributed by atoms with Crippen molar-refractivity contribution in [2.75, 3.05) is 25.2 Å². The molecule has 2 aromatic carbocycles. The van der Waals surface area contributed by atoms with Crippen molar-refractivity contribution in [3.8, 4) is 0 Å². The van der Waals surface area contributed by atoms with Crippen molar-refractivity contribution in [2.24, 2.45) is 0 Å². The summed E-state index contributed by atoms with van der Waals surface area (Å²) in [5, 5.41) is 5.80. The van der Waals surface area contributed by atoms with Crippen LogP contribution in [0.4, 0.5) is 0 Å². The van der Waals surface area contributed by atoms with Gasteiger partial charge in [0.1, 0.15) is 0 Å². The molecule has 0 saturated heterocycles. The molecule has 1 N–H and O–H groups in total. The van der Waals surface area contributed by atoms with Crippen LogP contribution in [0, 0.1) is 0 Å². The molecule has 0 aliphatic heterocycles. The zero-order chi connectivity index (χ0) is 15.1. The minimum Gasteiger partial charge on any atom is -0.465 e. The highest BCUT2D eigenvalue weighted by atomic mass is 32.2. The summed E-state index contributed by atoms with van der Waals surface area (Å²) >= 11 is 1.60. The molecule has 0 fully saturated rings. The molecule has 0 saturated carbocycles. The van der Waals surface area contributed by atoms with Crippen molar-refractivity contribution in [3.05, 3.63) is 48.0 Å². The quantitative estimate of drug-likeness (QED) is 0.796. The maximum Gasteiger partial charge on any atom is 0.315 e. The fourth-order valence-corrected chi connectivity index (χ4v) is 3.20. The Morgan fingerprint density at radius 2 is 2.00 bits per heavy atom. The van der Waals surface area contributed by atoms with E-state index >= 15 is 0 Å². The largest absolute Gasteiger partial charge is 0.465 e. The predicted molar refractivity (Wildman–Crippen MR) is 89.7 cm³/mol. The fraction of sp³-hybridized carbons (Fsp3) is 0.353. The molecule has 4 heteroatoms. The lowest BCUT2D eigenvalue weighted by Crippen LogP contribution is -2.19. The Hall–Kier alpha value is -1.52. The fourth-order valence-electron chi connectivity index (χ4n) is 2.23. The summed E-state index contributed by atoms with van der Waals surface area (Å²) in [6.07, 6.45) is 0. The summed E-state index contributed by atoms with van der Waals surface area (Å²) in [6.45, 7) is 2.27. The van der Waals surface area contributed by atoms with E-state index in [0.717, 1.165) is 5.75 Å². The zero-order valence-corrected chi connectivity index (χ0v) is 13.3. The molecule has 0 bridgehead atoms. The van der Waals surface area contributed by atoms with Crippen LogP contribution in [0.3, 0.4) is 0 Å². The second-order valence-corrected chi connectivity index (χ2v) is 5.80. The van der Waals surface area contributed by atoms with Gasteiger partial charge < -0.3 is 10.1 Å². The van der Waals surface area contributed by atoms with Gasteiger partial charge in [-0.05, 0) is 36.4 Å². The second-order valence-electron chi connectivity index (χ2n) is 4.77. The lowest BCUT2D eigenvalue weighted by atomic mass is 10.0. The maximum atomic E-state index is 11.4. The molecule has 0 aliphatic rings. The summed E-state index contributed by atoms with van der Waals surface area (Å²) < 4.78 is 4.94. The Balaban J connectivity index is 2.00. The SMILES string of the molecule is CCOC(=O)CSCC(NC)c1ccc2ccccc2c1. The van der Waals surface area contributed by atoms with Crippen LogP contribution in [0.15, 0.2) is 42.5 Å². The van der Waals surface area contributed by atoms with E-state index in [-0.39, 0.29) is 12.0 Å². The van der Waals surface area contributed by atoms with Gasteiger partial charge in [-0.15, -0.1) is 11.8 Å². The van der Waals surface area contributed by atoms with Crippen molar-refractivity contribution in [2.45, 2.75) is 13.0 Å². The van der Waals surface area contributed by atoms with Crippen LogP contribution in [0.5, 0.6) is 0 Å². The normalized spacial score (nSPS) is 12.3. The highest BCUT2D eigenvalue weighted by Crippen LogP contribution is 2.23. The predicted octanol–water partition coefficient (Wildman–Crippen LogP) is 3.40. The van der Waals surface area contributed by atoms with Gasteiger partial charge in [0.2, 0.25) is 0 Å². The number of fused-ring (bicyclic) bond motifs is 1. The Labute approximate surface area is 130 Å². The monoisotopic (exact) mass is 303 g/mol. The molecular formula is C17H21NO2S. The molecule has 3 nitrogen and oxygen atoms in total. The molecule has 0 heterocycles. The van der Waals surface area contributed by atoms with Crippen molar-refractivity contribution in [1.29, 1.82) is 0 Å². The van der Waals surface area contributed by atoms with E-state index in [9.17, 15) is 4.79 Å². The minimum absolute atomic E-state index is 0.143. The van der Waals surface area contributed by atoms with E-state index in [0.29, 0.717) is 12.4 Å². The van der Waals surface area contributed by atoms with Gasteiger partial charge >= 0.3 is 5.97 Å². The third-order valence-electron chi connectivity index (χ3n) is 3.33. The number of esters is 1. The number of rotatable bonds is 7. The Morgan fingerprint density at radius 3 is 2.71 bits per heavy atom. The first kappa shape index (κ1) is 15.9. The average Bonchev–Trinajstić information content (AvgIpc) is 2.51. The molecular weight excluding hydrogens is 282 g/mol. The topological polar surface area (TPSA) is 38.3 Å². The van der Waals surface area contributed by atoms with Crippen LogP contribution < -0.4 is 5.32 Å². The van der Waals surface area contributed by atoms with Gasteiger partial charge in [-0.3, -0.25) is 4.79 Å². The van der Waals surface area contributed by atoms with E-state index in [1.54, 1.807) is 11.8 Å². The van der Waals surface area contributed by atoms with Crippen molar-refractivity contribution >= 4 is 28.5 Å². The molecule has 1 atom stereocenters. The van der Waals surface area contributed by atoms with Crippen LogP contribution in [0.1, 0.15) is 18.5 Å². The Morgan fingerprint density at radius 1 is 1.24 bits per heavy atom. The van der Waals surface area contributed by atoms with Gasteiger partial charge in [0, 0.05) is 11.8 Å². The third-order valence-corrected chi connectivity index (χ3v) is 4.34. The minimum atomic E-state index is -0.143. The molecule has 112 valence electrons. The van der Waals surface area contributed by atoms with E-state index in [4.69, 9.17) is 4.74 Å². The number of carbonyl (C=O) groups is 1. The van der Waals surface area contributed by atoms with E-state index < -0.39 is 0 Å². The third kappa shape index (κ3) is 4.48. The average molecular weight is 303 g/mol. The van der Waals surface area contributed by atoms with Crippen LogP contribution in [-0.2, 0) is 9.53 Å². The number of carbonyl (C=O) groups excluding carboxylic acids is 1. The van der Waals surface area contributed by atoms with Crippen LogP contribution in [0.25, 0.3) is 10.8 Å². The second kappa shape index (κ2) is 8.05. The number of hydrogen-bond donors (Lipinski definition) is 1. The first-order valence-electron chi connectivity index (χ1n) is 7.14. The highest BCUT2D eigenvalue weighted by molar-refractivity contribution is 7.99. The van der Waals surface area contributed by atoms with Gasteiger partial charge in [0.25, 0.3) is 0 Å². The molecule has 0 aromatic heterocycles. The zero-order valence-electron chi connectivity index (χ0n) is 12.5. The molecule has 2 aromatic rings. The number of thioether (sulfide) groups is 1. The molecule has 2 rings (SSSR count). The van der Waals surface area contributed by atoms with Crippen molar-refractivity contribution < 1.29 is 9.53 Å². The Bertz CT molecular complexity index is 600. The standard InChI is InChI=1S/C17H21NO2S/c1-3-20-17(19)12-21-11-16(18-2)15-9-8-13-6-4-5-7-14(13)10-15/h4-10,16,18H,3,11-12H2,1-2H3. The molecule has 21 heavy (non-hydrogen) atoms. The van der Waals surface area contributed by atoms with Crippen molar-refractivity contribution in [1.82, 2.24) is 5.32 Å². The first-order chi connectivity index (χ1) is 10.2. The van der Waals surface area contributed by atoms with Crippen LogP contribution in [-0.4, -0.2) is 31.1 Å². The molecule has 0 amide bonds. The number of benzene rings is 2. The van der Waals surface area contributed by atoms with Crippen LogP contribution >= 0.6 is 11.8 Å². The summed E-state index contributed by atoms with van der Waals surface area (Å²) in [6, 6.07) is 15.1. The van der Waals surface area contributed by atoms with E-state index in [2.05, 4.69) is 41.7 Å². The van der Waals surface area contributed by atoms with Gasteiger partial charge in [-0.1, -0.05) is 36.4 Å². The van der Waals surface area contributed by atoms with Gasteiger partial charge in [0.05, 0.1) is 12.4 Å². The molecule has 1 unspecified atom stereocenters. The van der Waals surface area contributed by atoms with E-state index in [1.807, 2.05) is 20.0 Å². The lowest BCUT2D eigenvalue weighted by molar-refractivity contribution is -0.139.